The zero-order chi connectivity index (χ0) is 19.1. The molecule has 4 heterocycles. The lowest BCUT2D eigenvalue weighted by molar-refractivity contribution is -0.0167. The number of nitrogens with zero attached hydrogens (tertiary/aromatic N) is 4. The third-order valence-electron chi connectivity index (χ3n) is 4.43. The molecule has 0 aliphatic carbocycles. The van der Waals surface area contributed by atoms with E-state index >= 15 is 0 Å². The molecule has 0 radical (unpaired) electrons. The first-order valence-electron chi connectivity index (χ1n) is 8.44. The van der Waals surface area contributed by atoms with Crippen LogP contribution in [-0.2, 0) is 9.47 Å². The average Bonchev–Trinajstić information content (AvgIpc) is 3.33. The summed E-state index contributed by atoms with van der Waals surface area (Å²) in [4.78, 5) is 35.3. The highest BCUT2D eigenvalue weighted by molar-refractivity contribution is 7.80. The number of aromatic nitrogens is 5. The van der Waals surface area contributed by atoms with E-state index in [0.29, 0.717) is 29.0 Å². The average molecular weight is 407 g/mol. The number of thiocarbonyl (C=S) groups is 1. The van der Waals surface area contributed by atoms with Crippen LogP contribution in [0.3, 0.4) is 0 Å². The van der Waals surface area contributed by atoms with Crippen LogP contribution in [0.2, 0.25) is 0 Å². The lowest BCUT2D eigenvalue weighted by Gasteiger charge is -2.18. The molecule has 1 aliphatic heterocycles. The highest BCUT2D eigenvalue weighted by Gasteiger charge is 2.39. The van der Waals surface area contributed by atoms with Gasteiger partial charge in [0.1, 0.15) is 29.2 Å². The van der Waals surface area contributed by atoms with Crippen LogP contribution >= 0.6 is 23.6 Å². The monoisotopic (exact) mass is 407 g/mol. The van der Waals surface area contributed by atoms with Gasteiger partial charge < -0.3 is 14.5 Å². The van der Waals surface area contributed by atoms with E-state index in [9.17, 15) is 9.59 Å². The van der Waals surface area contributed by atoms with E-state index in [1.807, 2.05) is 6.92 Å². The fourth-order valence-corrected chi connectivity index (χ4v) is 4.28. The standard InChI is InChI=1S/C16H17N5O4S2/c1-3-9-10(25-16(26)20-5-4-17-7-20)6-11(24-9)21-13-12(27-15(21)23)14(22)19-8(2)18-13/h4-5,7,9-11H,3,6H2,1-2H3,(H,18,19,22)/t9-,10+,11?/m1/s1. The minimum absolute atomic E-state index is 0.235. The van der Waals surface area contributed by atoms with Gasteiger partial charge in [-0.3, -0.25) is 18.7 Å². The Hall–Kier alpha value is -2.37. The molecule has 1 aliphatic rings. The third kappa shape index (κ3) is 3.22. The van der Waals surface area contributed by atoms with Gasteiger partial charge in [0.05, 0.1) is 6.10 Å². The molecule has 3 aromatic heterocycles. The second-order valence-electron chi connectivity index (χ2n) is 6.21. The van der Waals surface area contributed by atoms with Crippen LogP contribution in [0.4, 0.5) is 0 Å². The molecule has 27 heavy (non-hydrogen) atoms. The van der Waals surface area contributed by atoms with Crippen molar-refractivity contribution in [2.45, 2.75) is 45.1 Å². The van der Waals surface area contributed by atoms with Crippen molar-refractivity contribution < 1.29 is 9.47 Å². The number of hydrogen-bond donors (Lipinski definition) is 1. The van der Waals surface area contributed by atoms with Gasteiger partial charge in [-0.25, -0.2) is 9.97 Å². The SMILES string of the molecule is CC[C@H]1OC(n2c(=O)sc3c(=O)[nH]c(C)nc32)C[C@@H]1OC(=S)n1ccnc1. The summed E-state index contributed by atoms with van der Waals surface area (Å²) in [5, 5.41) is 0.271. The Kier molecular flexibility index (Phi) is 4.66. The first kappa shape index (κ1) is 18.0. The van der Waals surface area contributed by atoms with Crippen molar-refractivity contribution in [2.75, 3.05) is 0 Å². The number of ether oxygens (including phenoxy) is 2. The molecule has 0 amide bonds. The molecule has 4 rings (SSSR count). The minimum Gasteiger partial charge on any atom is -0.464 e. The van der Waals surface area contributed by atoms with Crippen molar-refractivity contribution in [3.05, 3.63) is 44.6 Å². The largest absolute Gasteiger partial charge is 0.464 e. The Morgan fingerprint density at radius 3 is 3.04 bits per heavy atom. The van der Waals surface area contributed by atoms with Crippen LogP contribution in [0.5, 0.6) is 0 Å². The minimum atomic E-state index is -0.569. The second kappa shape index (κ2) is 6.98. The molecule has 0 saturated carbocycles. The molecular weight excluding hydrogens is 390 g/mol. The van der Waals surface area contributed by atoms with E-state index in [1.165, 1.54) is 4.57 Å². The number of rotatable bonds is 3. The molecule has 11 heteroatoms. The molecule has 0 bridgehead atoms. The Bertz CT molecular complexity index is 1100. The molecule has 1 saturated heterocycles. The van der Waals surface area contributed by atoms with E-state index in [-0.39, 0.29) is 27.8 Å². The number of H-pyrrole nitrogens is 1. The predicted molar refractivity (Wildman–Crippen MR) is 103 cm³/mol. The molecule has 3 aromatic rings. The van der Waals surface area contributed by atoms with Gasteiger partial charge in [-0.15, -0.1) is 0 Å². The van der Waals surface area contributed by atoms with E-state index in [0.717, 1.165) is 11.3 Å². The van der Waals surface area contributed by atoms with Gasteiger partial charge in [0.2, 0.25) is 0 Å². The first-order valence-corrected chi connectivity index (χ1v) is 9.66. The predicted octanol–water partition coefficient (Wildman–Crippen LogP) is 1.57. The van der Waals surface area contributed by atoms with E-state index in [2.05, 4.69) is 15.0 Å². The summed E-state index contributed by atoms with van der Waals surface area (Å²) in [7, 11) is 0. The maximum absolute atomic E-state index is 12.5. The smallest absolute Gasteiger partial charge is 0.311 e. The Balaban J connectivity index is 1.65. The van der Waals surface area contributed by atoms with Gasteiger partial charge in [0.15, 0.2) is 5.65 Å². The third-order valence-corrected chi connectivity index (χ3v) is 5.68. The van der Waals surface area contributed by atoms with E-state index in [4.69, 9.17) is 21.7 Å². The lowest BCUT2D eigenvalue weighted by atomic mass is 10.1. The molecule has 1 N–H and O–H groups in total. The van der Waals surface area contributed by atoms with Gasteiger partial charge in [-0.2, -0.15) is 0 Å². The summed E-state index contributed by atoms with van der Waals surface area (Å²) >= 11 is 6.17. The van der Waals surface area contributed by atoms with Crippen molar-refractivity contribution in [1.29, 1.82) is 0 Å². The fraction of sp³-hybridized carbons (Fsp3) is 0.438. The topological polar surface area (TPSA) is 104 Å². The number of aryl methyl sites for hydroxylation is 1. The van der Waals surface area contributed by atoms with Gasteiger partial charge in [-0.05, 0) is 25.6 Å². The van der Waals surface area contributed by atoms with Crippen LogP contribution in [0, 0.1) is 6.92 Å². The molecule has 0 spiro atoms. The van der Waals surface area contributed by atoms with Gasteiger partial charge in [0, 0.05) is 18.8 Å². The van der Waals surface area contributed by atoms with Crippen LogP contribution in [0.15, 0.2) is 28.3 Å². The van der Waals surface area contributed by atoms with Crippen LogP contribution < -0.4 is 10.4 Å². The number of fused-ring (bicyclic) bond motifs is 1. The molecule has 1 fully saturated rings. The molecule has 142 valence electrons. The number of hydrogen-bond acceptors (Lipinski definition) is 8. The molecular formula is C16H17N5O4S2. The van der Waals surface area contributed by atoms with Crippen molar-refractivity contribution in [3.63, 3.8) is 0 Å². The number of aromatic amines is 1. The fourth-order valence-electron chi connectivity index (χ4n) is 3.19. The molecule has 9 nitrogen and oxygen atoms in total. The summed E-state index contributed by atoms with van der Waals surface area (Å²) in [6.45, 7) is 3.65. The van der Waals surface area contributed by atoms with Crippen LogP contribution in [-0.4, -0.2) is 41.5 Å². The maximum atomic E-state index is 12.5. The van der Waals surface area contributed by atoms with Gasteiger partial charge in [-0.1, -0.05) is 18.3 Å². The van der Waals surface area contributed by atoms with Crippen LogP contribution in [0.25, 0.3) is 10.3 Å². The molecule has 0 aromatic carbocycles. The Labute approximate surface area is 162 Å². The molecule has 1 unspecified atom stereocenters. The van der Waals surface area contributed by atoms with Crippen molar-refractivity contribution in [3.8, 4) is 0 Å². The van der Waals surface area contributed by atoms with Gasteiger partial charge >= 0.3 is 4.87 Å². The Morgan fingerprint density at radius 2 is 2.33 bits per heavy atom. The Morgan fingerprint density at radius 1 is 1.52 bits per heavy atom. The number of thiazole rings is 1. The summed E-state index contributed by atoms with van der Waals surface area (Å²) in [5.41, 5.74) is 0.0152. The maximum Gasteiger partial charge on any atom is 0.311 e. The van der Waals surface area contributed by atoms with Crippen molar-refractivity contribution >= 4 is 39.1 Å². The zero-order valence-electron chi connectivity index (χ0n) is 14.6. The van der Waals surface area contributed by atoms with Gasteiger partial charge in [0.25, 0.3) is 10.7 Å². The highest BCUT2D eigenvalue weighted by Crippen LogP contribution is 2.33. The number of imidazole rings is 1. The van der Waals surface area contributed by atoms with E-state index in [1.54, 1.807) is 30.2 Å². The number of nitrogens with one attached hydrogen (secondary N) is 1. The van der Waals surface area contributed by atoms with Crippen molar-refractivity contribution in [1.82, 2.24) is 24.1 Å². The second-order valence-corrected chi connectivity index (χ2v) is 7.52. The van der Waals surface area contributed by atoms with Crippen molar-refractivity contribution in [2.24, 2.45) is 0 Å². The summed E-state index contributed by atoms with van der Waals surface area (Å²) < 4.78 is 15.3. The summed E-state index contributed by atoms with van der Waals surface area (Å²) in [6.07, 6.45) is 4.87. The zero-order valence-corrected chi connectivity index (χ0v) is 16.2. The normalized spacial score (nSPS) is 22.4. The summed E-state index contributed by atoms with van der Waals surface area (Å²) in [5.74, 6) is 0.443. The van der Waals surface area contributed by atoms with Crippen LogP contribution in [0.1, 0.15) is 31.8 Å². The van der Waals surface area contributed by atoms with E-state index < -0.39 is 6.23 Å². The molecule has 3 atom stereocenters. The quantitative estimate of drug-likeness (QED) is 0.657. The highest BCUT2D eigenvalue weighted by atomic mass is 32.1. The lowest BCUT2D eigenvalue weighted by Crippen LogP contribution is -2.28. The summed E-state index contributed by atoms with van der Waals surface area (Å²) in [6, 6.07) is 0. The first-order chi connectivity index (χ1) is 13.0.